The summed E-state index contributed by atoms with van der Waals surface area (Å²) in [7, 11) is 1.73. The fraction of sp³-hybridized carbons (Fsp3) is 0.261. The lowest BCUT2D eigenvalue weighted by Gasteiger charge is -2.13. The summed E-state index contributed by atoms with van der Waals surface area (Å²) in [5.41, 5.74) is 0.674. The molecule has 34 heavy (non-hydrogen) atoms. The highest BCUT2D eigenvalue weighted by molar-refractivity contribution is 5.99. The second-order valence-corrected chi connectivity index (χ2v) is 8.70. The molecule has 0 spiro atoms. The van der Waals surface area contributed by atoms with Crippen molar-refractivity contribution < 1.29 is 13.9 Å². The van der Waals surface area contributed by atoms with Crippen molar-refractivity contribution in [3.8, 4) is 17.3 Å². The average molecular weight is 465 g/mol. The highest BCUT2D eigenvalue weighted by atomic mass is 19.1. The number of hydrogen-bond donors (Lipinski definition) is 2. The summed E-state index contributed by atoms with van der Waals surface area (Å²) in [5.74, 6) is 1.69. The minimum Gasteiger partial charge on any atom is -0.457 e. The Morgan fingerprint density at radius 1 is 1.03 bits per heavy atom. The molecule has 3 heterocycles. The van der Waals surface area contributed by atoms with E-state index < -0.39 is 11.8 Å². The summed E-state index contributed by atoms with van der Waals surface area (Å²) in [5, 5.41) is 13.8. The Morgan fingerprint density at radius 2 is 1.79 bits per heavy atom. The van der Waals surface area contributed by atoms with Crippen LogP contribution in [0.25, 0.3) is 5.82 Å². The van der Waals surface area contributed by atoms with E-state index in [4.69, 9.17) is 4.74 Å². The van der Waals surface area contributed by atoms with Crippen LogP contribution in [0.15, 0.2) is 48.9 Å². The van der Waals surface area contributed by atoms with Crippen molar-refractivity contribution in [3.05, 3.63) is 66.3 Å². The predicted molar refractivity (Wildman–Crippen MR) is 125 cm³/mol. The van der Waals surface area contributed by atoms with Gasteiger partial charge < -0.3 is 10.1 Å². The fourth-order valence-corrected chi connectivity index (χ4v) is 3.06. The number of hydrogen-bond acceptors (Lipinski definition) is 6. The fourth-order valence-electron chi connectivity index (χ4n) is 3.06. The van der Waals surface area contributed by atoms with E-state index in [1.54, 1.807) is 55.4 Å². The molecule has 0 radical (unpaired) electrons. The van der Waals surface area contributed by atoms with Gasteiger partial charge in [-0.15, -0.1) is 0 Å². The molecule has 0 atom stereocenters. The van der Waals surface area contributed by atoms with Gasteiger partial charge in [0.2, 0.25) is 0 Å². The Kier molecular flexibility index (Phi) is 6.01. The molecule has 10 nitrogen and oxygen atoms in total. The first-order chi connectivity index (χ1) is 16.1. The van der Waals surface area contributed by atoms with Crippen LogP contribution in [0.4, 0.5) is 20.7 Å². The Labute approximate surface area is 195 Å². The molecular formula is C23H25FN8O2. The van der Waals surface area contributed by atoms with Crippen LogP contribution >= 0.6 is 0 Å². The van der Waals surface area contributed by atoms with Gasteiger partial charge in [0.1, 0.15) is 35.3 Å². The number of rotatable bonds is 5. The van der Waals surface area contributed by atoms with Crippen LogP contribution in [0.3, 0.4) is 0 Å². The monoisotopic (exact) mass is 464 g/mol. The van der Waals surface area contributed by atoms with Crippen LogP contribution in [0.5, 0.6) is 11.5 Å². The second-order valence-electron chi connectivity index (χ2n) is 8.70. The van der Waals surface area contributed by atoms with Crippen LogP contribution < -0.4 is 15.4 Å². The molecule has 0 saturated carbocycles. The van der Waals surface area contributed by atoms with Gasteiger partial charge in [0.05, 0.1) is 11.4 Å². The van der Waals surface area contributed by atoms with E-state index in [9.17, 15) is 9.18 Å². The molecule has 176 valence electrons. The molecule has 0 saturated heterocycles. The van der Waals surface area contributed by atoms with Gasteiger partial charge in [0.25, 0.3) is 0 Å². The van der Waals surface area contributed by atoms with Crippen molar-refractivity contribution in [2.75, 3.05) is 10.6 Å². The van der Waals surface area contributed by atoms with Crippen LogP contribution in [0.1, 0.15) is 32.3 Å². The molecule has 2 amide bonds. The zero-order chi connectivity index (χ0) is 24.5. The van der Waals surface area contributed by atoms with Crippen molar-refractivity contribution in [1.82, 2.24) is 29.5 Å². The van der Waals surface area contributed by atoms with Gasteiger partial charge in [0.15, 0.2) is 5.82 Å². The number of aryl methyl sites for hydroxylation is 2. The number of pyridine rings is 1. The van der Waals surface area contributed by atoms with Gasteiger partial charge in [0, 0.05) is 36.9 Å². The van der Waals surface area contributed by atoms with Gasteiger partial charge in [-0.05, 0) is 25.1 Å². The SMILES string of the molecule is Cc1ncn(-c2cc(Oc3ccc(NC(=O)Nc4cc(C(C)(C)C)nn4C)c(F)c3)ccn2)n1. The first-order valence-corrected chi connectivity index (χ1v) is 10.5. The van der Waals surface area contributed by atoms with Crippen LogP contribution in [-0.2, 0) is 12.5 Å². The lowest BCUT2D eigenvalue weighted by atomic mass is 9.92. The number of nitrogens with zero attached hydrogens (tertiary/aromatic N) is 6. The Balaban J connectivity index is 1.43. The van der Waals surface area contributed by atoms with Gasteiger partial charge in [-0.1, -0.05) is 20.8 Å². The van der Waals surface area contributed by atoms with E-state index in [1.807, 2.05) is 20.8 Å². The molecule has 3 aromatic heterocycles. The number of benzene rings is 1. The van der Waals surface area contributed by atoms with Gasteiger partial charge in [-0.2, -0.15) is 10.2 Å². The van der Waals surface area contributed by atoms with E-state index in [-0.39, 0.29) is 16.9 Å². The largest absolute Gasteiger partial charge is 0.457 e. The molecule has 0 unspecified atom stereocenters. The minimum absolute atomic E-state index is 0.0107. The summed E-state index contributed by atoms with van der Waals surface area (Å²) < 4.78 is 23.5. The van der Waals surface area contributed by atoms with E-state index in [1.165, 1.54) is 16.8 Å². The Hall–Kier alpha value is -4.28. The predicted octanol–water partition coefficient (Wildman–Crippen LogP) is 4.58. The molecule has 0 aliphatic carbocycles. The molecule has 0 fully saturated rings. The van der Waals surface area contributed by atoms with Gasteiger partial charge in [-0.3, -0.25) is 10.00 Å². The molecule has 0 aliphatic heterocycles. The first-order valence-electron chi connectivity index (χ1n) is 10.5. The topological polar surface area (TPSA) is 112 Å². The van der Waals surface area contributed by atoms with Crippen molar-refractivity contribution in [3.63, 3.8) is 0 Å². The summed E-state index contributed by atoms with van der Waals surface area (Å²) in [4.78, 5) is 20.7. The molecule has 2 N–H and O–H groups in total. The van der Waals surface area contributed by atoms with Crippen molar-refractivity contribution in [2.24, 2.45) is 7.05 Å². The number of carbonyl (C=O) groups is 1. The van der Waals surface area contributed by atoms with Crippen molar-refractivity contribution >= 4 is 17.5 Å². The van der Waals surface area contributed by atoms with Crippen LogP contribution in [-0.4, -0.2) is 35.6 Å². The lowest BCUT2D eigenvalue weighted by molar-refractivity contribution is 0.262. The maximum atomic E-state index is 14.7. The lowest BCUT2D eigenvalue weighted by Crippen LogP contribution is -2.21. The van der Waals surface area contributed by atoms with Crippen LogP contribution in [0.2, 0.25) is 0 Å². The van der Waals surface area contributed by atoms with Crippen LogP contribution in [0, 0.1) is 12.7 Å². The molecule has 4 aromatic rings. The summed E-state index contributed by atoms with van der Waals surface area (Å²) in [6.45, 7) is 7.86. The Morgan fingerprint density at radius 3 is 2.44 bits per heavy atom. The maximum Gasteiger partial charge on any atom is 0.324 e. The Bertz CT molecular complexity index is 1340. The average Bonchev–Trinajstić information content (AvgIpc) is 3.36. The summed E-state index contributed by atoms with van der Waals surface area (Å²) >= 11 is 0. The quantitative estimate of drug-likeness (QED) is 0.447. The number of aromatic nitrogens is 6. The molecule has 0 aliphatic rings. The standard InChI is InChI=1S/C23H25FN8O2/c1-14-26-13-32(29-14)20-11-16(8-9-25-20)34-15-6-7-18(17(24)10-15)27-22(33)28-21-12-19(23(2,3)4)30-31(21)5/h6-13H,1-5H3,(H2,27,28,33). The van der Waals surface area contributed by atoms with E-state index in [2.05, 4.69) is 30.8 Å². The van der Waals surface area contributed by atoms with Gasteiger partial charge in [-0.25, -0.2) is 23.8 Å². The summed E-state index contributed by atoms with van der Waals surface area (Å²) in [6, 6.07) is 8.68. The van der Waals surface area contributed by atoms with Gasteiger partial charge >= 0.3 is 6.03 Å². The molecule has 4 rings (SSSR count). The maximum absolute atomic E-state index is 14.7. The highest BCUT2D eigenvalue weighted by Crippen LogP contribution is 2.27. The molecular weight excluding hydrogens is 439 g/mol. The third-order valence-electron chi connectivity index (χ3n) is 4.87. The van der Waals surface area contributed by atoms with Crippen molar-refractivity contribution in [2.45, 2.75) is 33.1 Å². The number of halogens is 1. The third-order valence-corrected chi connectivity index (χ3v) is 4.87. The minimum atomic E-state index is -0.644. The third kappa shape index (κ3) is 5.20. The zero-order valence-corrected chi connectivity index (χ0v) is 19.5. The van der Waals surface area contributed by atoms with Crippen molar-refractivity contribution in [1.29, 1.82) is 0 Å². The highest BCUT2D eigenvalue weighted by Gasteiger charge is 2.20. The number of anilines is 2. The summed E-state index contributed by atoms with van der Waals surface area (Å²) in [6.07, 6.45) is 3.10. The molecule has 11 heteroatoms. The number of urea groups is 1. The zero-order valence-electron chi connectivity index (χ0n) is 19.5. The number of carbonyl (C=O) groups excluding carboxylic acids is 1. The van der Waals surface area contributed by atoms with E-state index in [0.717, 1.165) is 5.69 Å². The number of ether oxygens (including phenoxy) is 1. The molecule has 1 aromatic carbocycles. The molecule has 0 bridgehead atoms. The smallest absolute Gasteiger partial charge is 0.324 e. The van der Waals surface area contributed by atoms with E-state index >= 15 is 0 Å². The first kappa shape index (κ1) is 22.9. The second kappa shape index (κ2) is 8.93. The van der Waals surface area contributed by atoms with E-state index in [0.29, 0.717) is 23.2 Å². The normalized spacial score (nSPS) is 11.4. The number of amides is 2. The number of nitrogens with one attached hydrogen (secondary N) is 2.